The summed E-state index contributed by atoms with van der Waals surface area (Å²) in [4.78, 5) is 0. The summed E-state index contributed by atoms with van der Waals surface area (Å²) >= 11 is 3.30. The number of halogens is 1. The Morgan fingerprint density at radius 3 is 2.24 bits per heavy atom. The van der Waals surface area contributed by atoms with Crippen molar-refractivity contribution in [1.29, 1.82) is 0 Å². The Labute approximate surface area is 153 Å². The molecule has 25 heavy (non-hydrogen) atoms. The van der Waals surface area contributed by atoms with Gasteiger partial charge in [0.05, 0.1) is 11.3 Å². The molecular formula is C17H15BrN2O4S. The number of benzene rings is 2. The van der Waals surface area contributed by atoms with Crippen LogP contribution in [0.3, 0.4) is 0 Å². The molecule has 0 saturated carbocycles. The van der Waals surface area contributed by atoms with Gasteiger partial charge < -0.3 is 10.4 Å². The van der Waals surface area contributed by atoms with Gasteiger partial charge in [-0.05, 0) is 36.8 Å². The van der Waals surface area contributed by atoms with Crippen molar-refractivity contribution in [2.24, 2.45) is 0 Å². The maximum atomic E-state index is 13.0. The zero-order valence-electron chi connectivity index (χ0n) is 13.6. The third kappa shape index (κ3) is 2.96. The first kappa shape index (κ1) is 17.6. The maximum absolute atomic E-state index is 13.0. The molecule has 1 aromatic heterocycles. The highest BCUT2D eigenvalue weighted by Crippen LogP contribution is 2.26. The van der Waals surface area contributed by atoms with Crippen molar-refractivity contribution < 1.29 is 17.9 Å². The standard InChI is InChI=1S/C17H15BrN2O4S/c1-3-25(23,24)17-16(12-5-7-13(18)8-6-12)19(21)15-10-11(2)4-9-14(15)20(17)22/h4-10H,3H2,1-2H3. The number of rotatable bonds is 3. The third-order valence-electron chi connectivity index (χ3n) is 3.95. The largest absolute Gasteiger partial charge is 0.617 e. The molecule has 0 unspecified atom stereocenters. The van der Waals surface area contributed by atoms with Gasteiger partial charge in [-0.15, -0.1) is 4.73 Å². The zero-order valence-corrected chi connectivity index (χ0v) is 16.0. The molecule has 0 spiro atoms. The van der Waals surface area contributed by atoms with Gasteiger partial charge in [0.1, 0.15) is 0 Å². The predicted octanol–water partition coefficient (Wildman–Crippen LogP) is 2.64. The Bertz CT molecular complexity index is 1080. The van der Waals surface area contributed by atoms with Crippen LogP contribution in [0.5, 0.6) is 0 Å². The maximum Gasteiger partial charge on any atom is 0.383 e. The minimum Gasteiger partial charge on any atom is -0.617 e. The Kier molecular flexibility index (Phi) is 4.42. The second-order valence-corrected chi connectivity index (χ2v) is 8.75. The summed E-state index contributed by atoms with van der Waals surface area (Å²) in [6, 6.07) is 11.3. The monoisotopic (exact) mass is 422 g/mol. The fourth-order valence-corrected chi connectivity index (χ4v) is 4.02. The molecule has 6 nitrogen and oxygen atoms in total. The summed E-state index contributed by atoms with van der Waals surface area (Å²) in [6.07, 6.45) is 0. The molecule has 1 heterocycles. The van der Waals surface area contributed by atoms with Crippen molar-refractivity contribution in [3.05, 3.63) is 62.9 Å². The summed E-state index contributed by atoms with van der Waals surface area (Å²) < 4.78 is 26.8. The second-order valence-electron chi connectivity index (χ2n) is 5.64. The van der Waals surface area contributed by atoms with Gasteiger partial charge in [-0.3, -0.25) is 0 Å². The molecule has 0 aliphatic heterocycles. The SMILES string of the molecule is CCS(=O)(=O)c1c(-c2ccc(Br)cc2)[n+]([O-])c2cc(C)ccc2[n+]1[O-]. The Morgan fingerprint density at radius 1 is 1.00 bits per heavy atom. The highest BCUT2D eigenvalue weighted by Gasteiger charge is 2.37. The summed E-state index contributed by atoms with van der Waals surface area (Å²) in [5, 5.41) is 25.3. The first-order valence-electron chi connectivity index (χ1n) is 7.54. The Balaban J connectivity index is 2.54. The average molecular weight is 423 g/mol. The van der Waals surface area contributed by atoms with E-state index in [-0.39, 0.29) is 22.5 Å². The molecule has 3 aromatic rings. The molecule has 0 amide bonds. The van der Waals surface area contributed by atoms with Crippen molar-refractivity contribution >= 4 is 36.8 Å². The third-order valence-corrected chi connectivity index (χ3v) is 6.19. The van der Waals surface area contributed by atoms with Gasteiger partial charge in [-0.1, -0.05) is 28.9 Å². The Hall–Kier alpha value is -2.19. The van der Waals surface area contributed by atoms with Crippen LogP contribution in [0.15, 0.2) is 52.0 Å². The lowest BCUT2D eigenvalue weighted by atomic mass is 10.1. The van der Waals surface area contributed by atoms with Crippen LogP contribution in [0, 0.1) is 17.3 Å². The first-order valence-corrected chi connectivity index (χ1v) is 9.99. The van der Waals surface area contributed by atoms with Gasteiger partial charge in [-0.2, -0.15) is 4.73 Å². The number of sulfone groups is 1. The molecular weight excluding hydrogens is 408 g/mol. The van der Waals surface area contributed by atoms with Crippen LogP contribution in [0.2, 0.25) is 0 Å². The summed E-state index contributed by atoms with van der Waals surface area (Å²) in [7, 11) is -3.92. The van der Waals surface area contributed by atoms with Gasteiger partial charge in [0.15, 0.2) is 0 Å². The van der Waals surface area contributed by atoms with E-state index in [1.165, 1.54) is 13.0 Å². The number of hydrogen-bond acceptors (Lipinski definition) is 4. The molecule has 0 N–H and O–H groups in total. The normalized spacial score (nSPS) is 11.8. The van der Waals surface area contributed by atoms with Crippen molar-refractivity contribution in [1.82, 2.24) is 0 Å². The van der Waals surface area contributed by atoms with Crippen LogP contribution in [0.4, 0.5) is 0 Å². The topological polar surface area (TPSA) is 88.0 Å². The van der Waals surface area contributed by atoms with E-state index in [4.69, 9.17) is 0 Å². The molecule has 0 fully saturated rings. The fraction of sp³-hybridized carbons (Fsp3) is 0.176. The lowest BCUT2D eigenvalue weighted by Gasteiger charge is -2.13. The van der Waals surface area contributed by atoms with Gasteiger partial charge >= 0.3 is 10.7 Å². The van der Waals surface area contributed by atoms with Crippen LogP contribution in [-0.2, 0) is 9.84 Å². The molecule has 0 aliphatic carbocycles. The van der Waals surface area contributed by atoms with Crippen molar-refractivity contribution in [2.75, 3.05) is 5.75 Å². The molecule has 2 aromatic carbocycles. The van der Waals surface area contributed by atoms with Crippen molar-refractivity contribution in [3.8, 4) is 11.3 Å². The van der Waals surface area contributed by atoms with E-state index in [2.05, 4.69) is 15.9 Å². The van der Waals surface area contributed by atoms with E-state index in [1.54, 1.807) is 43.3 Å². The van der Waals surface area contributed by atoms with Crippen LogP contribution in [0.1, 0.15) is 12.5 Å². The van der Waals surface area contributed by atoms with Crippen LogP contribution in [-0.4, -0.2) is 14.2 Å². The van der Waals surface area contributed by atoms with E-state index < -0.39 is 14.9 Å². The van der Waals surface area contributed by atoms with Crippen LogP contribution in [0.25, 0.3) is 22.3 Å². The number of hydrogen-bond donors (Lipinski definition) is 0. The zero-order chi connectivity index (χ0) is 18.4. The van der Waals surface area contributed by atoms with E-state index in [0.29, 0.717) is 15.0 Å². The van der Waals surface area contributed by atoms with Gasteiger partial charge in [-0.25, -0.2) is 8.42 Å². The van der Waals surface area contributed by atoms with Gasteiger partial charge in [0.2, 0.25) is 9.84 Å². The minimum absolute atomic E-state index is 0.0217. The number of nitrogens with zero attached hydrogens (tertiary/aromatic N) is 2. The number of aryl methyl sites for hydroxylation is 1. The molecule has 130 valence electrons. The molecule has 8 heteroatoms. The predicted molar refractivity (Wildman–Crippen MR) is 97.5 cm³/mol. The quantitative estimate of drug-likeness (QED) is 0.479. The highest BCUT2D eigenvalue weighted by atomic mass is 79.9. The lowest BCUT2D eigenvalue weighted by molar-refractivity contribution is -0.653. The lowest BCUT2D eigenvalue weighted by Crippen LogP contribution is -2.45. The molecule has 0 radical (unpaired) electrons. The molecule has 0 saturated heterocycles. The summed E-state index contributed by atoms with van der Waals surface area (Å²) in [5.41, 5.74) is 1.14. The molecule has 0 atom stereocenters. The fourth-order valence-electron chi connectivity index (χ4n) is 2.64. The van der Waals surface area contributed by atoms with E-state index >= 15 is 0 Å². The average Bonchev–Trinajstić information content (AvgIpc) is 2.58. The van der Waals surface area contributed by atoms with E-state index in [1.807, 2.05) is 0 Å². The highest BCUT2D eigenvalue weighted by molar-refractivity contribution is 9.10. The second kappa shape index (κ2) is 6.27. The number of fused-ring (bicyclic) bond motifs is 1. The molecule has 0 bridgehead atoms. The molecule has 0 aliphatic rings. The first-order chi connectivity index (χ1) is 11.8. The van der Waals surface area contributed by atoms with Crippen LogP contribution >= 0.6 is 15.9 Å². The van der Waals surface area contributed by atoms with E-state index in [9.17, 15) is 18.8 Å². The Morgan fingerprint density at radius 2 is 1.64 bits per heavy atom. The van der Waals surface area contributed by atoms with Gasteiger partial charge in [0, 0.05) is 16.6 Å². The van der Waals surface area contributed by atoms with Crippen molar-refractivity contribution in [3.63, 3.8) is 0 Å². The van der Waals surface area contributed by atoms with Crippen molar-refractivity contribution in [2.45, 2.75) is 18.9 Å². The van der Waals surface area contributed by atoms with E-state index in [0.717, 1.165) is 10.0 Å². The smallest absolute Gasteiger partial charge is 0.383 e. The van der Waals surface area contributed by atoms with Crippen LogP contribution < -0.4 is 9.46 Å². The summed E-state index contributed by atoms with van der Waals surface area (Å²) in [5.74, 6) is -0.282. The number of aromatic nitrogens is 2. The summed E-state index contributed by atoms with van der Waals surface area (Å²) in [6.45, 7) is 3.24. The minimum atomic E-state index is -3.92. The van der Waals surface area contributed by atoms with Gasteiger partial charge in [0.25, 0.3) is 11.0 Å². The molecule has 3 rings (SSSR count).